The van der Waals surface area contributed by atoms with E-state index in [0.717, 1.165) is 44.9 Å². The van der Waals surface area contributed by atoms with Gasteiger partial charge >= 0.3 is 0 Å². The Morgan fingerprint density at radius 3 is 1.30 bits per heavy atom. The molecule has 0 aromatic carbocycles. The van der Waals surface area contributed by atoms with E-state index in [1.165, 1.54) is 128 Å². The van der Waals surface area contributed by atoms with E-state index in [1.807, 2.05) is 0 Å². The van der Waals surface area contributed by atoms with Crippen molar-refractivity contribution in [2.24, 2.45) is 0 Å². The van der Waals surface area contributed by atoms with Crippen LogP contribution in [0.3, 0.4) is 0 Å². The zero-order valence-electron chi connectivity index (χ0n) is 31.3. The maximum atomic E-state index is 12.3. The fraction of sp³-hybridized carbons (Fsp3) is 0.791. The van der Waals surface area contributed by atoms with Gasteiger partial charge in [0.15, 0.2) is 0 Å². The highest BCUT2D eigenvalue weighted by Crippen LogP contribution is 2.15. The lowest BCUT2D eigenvalue weighted by atomic mass is 10.0. The average Bonchev–Trinajstić information content (AvgIpc) is 3.07. The summed E-state index contributed by atoms with van der Waals surface area (Å²) in [6.45, 7) is 4.32. The molecule has 0 aliphatic rings. The number of nitrogens with one attached hydrogen (secondary N) is 1. The minimum absolute atomic E-state index is 0.0863. The quantitative estimate of drug-likeness (QED) is 0.0464. The lowest BCUT2D eigenvalue weighted by Gasteiger charge is -2.22. The van der Waals surface area contributed by atoms with Crippen molar-refractivity contribution >= 4 is 5.91 Å². The molecule has 0 aromatic heterocycles. The SMILES string of the molecule is CCCCCCCCC/C=C/C/C=C/C/C=C/C/C=C/CCCC(=O)N[C@@H](CO)[C@H](O)CCCCCCCCCCCCCCCC. The molecule has 3 N–H and O–H groups in total. The van der Waals surface area contributed by atoms with E-state index in [1.54, 1.807) is 0 Å². The van der Waals surface area contributed by atoms with Crippen LogP contribution in [-0.4, -0.2) is 34.9 Å². The highest BCUT2D eigenvalue weighted by molar-refractivity contribution is 5.76. The monoisotopic (exact) mass is 658 g/mol. The number of hydrogen-bond acceptors (Lipinski definition) is 3. The van der Waals surface area contributed by atoms with Crippen LogP contribution in [0.1, 0.15) is 200 Å². The van der Waals surface area contributed by atoms with E-state index in [-0.39, 0.29) is 12.5 Å². The van der Waals surface area contributed by atoms with Gasteiger partial charge in [-0.1, -0.05) is 191 Å². The summed E-state index contributed by atoms with van der Waals surface area (Å²) >= 11 is 0. The normalized spacial score (nSPS) is 13.5. The highest BCUT2D eigenvalue weighted by Gasteiger charge is 2.19. The zero-order valence-corrected chi connectivity index (χ0v) is 31.3. The first-order chi connectivity index (χ1) is 23.2. The van der Waals surface area contributed by atoms with Crippen molar-refractivity contribution in [3.05, 3.63) is 48.6 Å². The molecular formula is C43H79NO3. The molecule has 0 aliphatic heterocycles. The van der Waals surface area contributed by atoms with Gasteiger partial charge < -0.3 is 15.5 Å². The molecule has 274 valence electrons. The Hall–Kier alpha value is -1.65. The Morgan fingerprint density at radius 1 is 0.511 bits per heavy atom. The Labute approximate surface area is 293 Å². The number of carbonyl (C=O) groups excluding carboxylic acids is 1. The standard InChI is InChI=1S/C43H79NO3/c1-3-5-7-9-11-13-15-17-19-20-21-22-23-24-25-27-29-31-33-35-37-39-43(47)44-41(40-45)42(46)38-36-34-32-30-28-26-18-16-14-12-10-8-6-4-2/h19-20,22-23,25,27,31,33,41-42,45-46H,3-18,21,24,26,28-30,32,34-40H2,1-2H3,(H,44,47)/b20-19+,23-22+,27-25+,33-31+/t41-,42+/m0/s1. The summed E-state index contributed by atoms with van der Waals surface area (Å²) < 4.78 is 0. The van der Waals surface area contributed by atoms with E-state index < -0.39 is 12.1 Å². The lowest BCUT2D eigenvalue weighted by molar-refractivity contribution is -0.123. The van der Waals surface area contributed by atoms with Crippen molar-refractivity contribution in [3.63, 3.8) is 0 Å². The summed E-state index contributed by atoms with van der Waals surface area (Å²) in [5.74, 6) is -0.0863. The third-order valence-corrected chi connectivity index (χ3v) is 9.09. The fourth-order valence-electron chi connectivity index (χ4n) is 5.94. The number of amides is 1. The molecule has 0 rings (SSSR count). The number of aliphatic hydroxyl groups is 2. The van der Waals surface area contributed by atoms with Gasteiger partial charge in [0.2, 0.25) is 5.91 Å². The van der Waals surface area contributed by atoms with Crippen molar-refractivity contribution < 1.29 is 15.0 Å². The molecule has 4 heteroatoms. The molecule has 0 bridgehead atoms. The number of rotatable bonds is 36. The smallest absolute Gasteiger partial charge is 0.220 e. The van der Waals surface area contributed by atoms with Crippen molar-refractivity contribution in [2.75, 3.05) is 6.61 Å². The predicted molar refractivity (Wildman–Crippen MR) is 207 cm³/mol. The number of carbonyl (C=O) groups is 1. The summed E-state index contributed by atoms with van der Waals surface area (Å²) in [5.41, 5.74) is 0. The van der Waals surface area contributed by atoms with Crippen molar-refractivity contribution in [1.29, 1.82) is 0 Å². The molecule has 0 heterocycles. The van der Waals surface area contributed by atoms with Gasteiger partial charge in [-0.05, 0) is 51.4 Å². The number of unbranched alkanes of at least 4 members (excludes halogenated alkanes) is 21. The van der Waals surface area contributed by atoms with Crippen molar-refractivity contribution in [3.8, 4) is 0 Å². The van der Waals surface area contributed by atoms with Crippen LogP contribution in [0.2, 0.25) is 0 Å². The average molecular weight is 658 g/mol. The third kappa shape index (κ3) is 35.5. The predicted octanol–water partition coefficient (Wildman–Crippen LogP) is 12.4. The Kier molecular flexibility index (Phi) is 37.4. The van der Waals surface area contributed by atoms with Gasteiger partial charge in [-0.3, -0.25) is 4.79 Å². The first-order valence-corrected chi connectivity index (χ1v) is 20.3. The third-order valence-electron chi connectivity index (χ3n) is 9.09. The Morgan fingerprint density at radius 2 is 0.872 bits per heavy atom. The Balaban J connectivity index is 3.68. The van der Waals surface area contributed by atoms with Gasteiger partial charge in [-0.25, -0.2) is 0 Å². The summed E-state index contributed by atoms with van der Waals surface area (Å²) in [6, 6.07) is -0.565. The molecule has 0 saturated heterocycles. The van der Waals surface area contributed by atoms with Gasteiger partial charge in [0.25, 0.3) is 0 Å². The molecule has 0 radical (unpaired) electrons. The Bertz CT molecular complexity index is 756. The van der Waals surface area contributed by atoms with Crippen LogP contribution in [0.4, 0.5) is 0 Å². The number of allylic oxidation sites excluding steroid dienone is 8. The molecule has 0 aliphatic carbocycles. The minimum atomic E-state index is -0.681. The van der Waals surface area contributed by atoms with E-state index in [4.69, 9.17) is 0 Å². The number of aliphatic hydroxyl groups excluding tert-OH is 2. The van der Waals surface area contributed by atoms with Crippen molar-refractivity contribution in [1.82, 2.24) is 5.32 Å². The molecule has 0 saturated carbocycles. The summed E-state index contributed by atoms with van der Waals surface area (Å²) in [6.07, 6.45) is 51.8. The molecule has 2 atom stereocenters. The van der Waals surface area contributed by atoms with Crippen LogP contribution in [0.15, 0.2) is 48.6 Å². The maximum Gasteiger partial charge on any atom is 0.220 e. The van der Waals surface area contributed by atoms with Crippen LogP contribution < -0.4 is 5.32 Å². The van der Waals surface area contributed by atoms with Gasteiger partial charge in [-0.2, -0.15) is 0 Å². The summed E-state index contributed by atoms with van der Waals surface area (Å²) in [5, 5.41) is 23.0. The van der Waals surface area contributed by atoms with Crippen LogP contribution in [0.5, 0.6) is 0 Å². The molecule has 47 heavy (non-hydrogen) atoms. The second-order valence-electron chi connectivity index (χ2n) is 13.7. The first-order valence-electron chi connectivity index (χ1n) is 20.3. The second-order valence-corrected chi connectivity index (χ2v) is 13.7. The maximum absolute atomic E-state index is 12.3. The van der Waals surface area contributed by atoms with E-state index in [9.17, 15) is 15.0 Å². The molecule has 1 amide bonds. The fourth-order valence-corrected chi connectivity index (χ4v) is 5.94. The van der Waals surface area contributed by atoms with Crippen LogP contribution in [0.25, 0.3) is 0 Å². The van der Waals surface area contributed by atoms with Crippen LogP contribution in [-0.2, 0) is 4.79 Å². The van der Waals surface area contributed by atoms with E-state index >= 15 is 0 Å². The van der Waals surface area contributed by atoms with Gasteiger partial charge in [0.1, 0.15) is 0 Å². The molecular weight excluding hydrogens is 578 g/mol. The minimum Gasteiger partial charge on any atom is -0.394 e. The molecule has 0 aromatic rings. The molecule has 0 fully saturated rings. The largest absolute Gasteiger partial charge is 0.394 e. The van der Waals surface area contributed by atoms with E-state index in [2.05, 4.69) is 67.8 Å². The van der Waals surface area contributed by atoms with Crippen LogP contribution in [0, 0.1) is 0 Å². The molecule has 0 unspecified atom stereocenters. The molecule has 4 nitrogen and oxygen atoms in total. The van der Waals surface area contributed by atoms with E-state index in [0.29, 0.717) is 12.8 Å². The van der Waals surface area contributed by atoms with Gasteiger partial charge in [0.05, 0.1) is 18.8 Å². The highest BCUT2D eigenvalue weighted by atomic mass is 16.3. The second kappa shape index (κ2) is 38.8. The topological polar surface area (TPSA) is 69.6 Å². The zero-order chi connectivity index (χ0) is 34.3. The van der Waals surface area contributed by atoms with Crippen molar-refractivity contribution in [2.45, 2.75) is 212 Å². The molecule has 0 spiro atoms. The summed E-state index contributed by atoms with van der Waals surface area (Å²) in [4.78, 5) is 12.3. The van der Waals surface area contributed by atoms with Gasteiger partial charge in [0, 0.05) is 6.42 Å². The summed E-state index contributed by atoms with van der Waals surface area (Å²) in [7, 11) is 0. The van der Waals surface area contributed by atoms with Crippen LogP contribution >= 0.6 is 0 Å². The first kappa shape index (κ1) is 45.3. The number of hydrogen-bond donors (Lipinski definition) is 3. The lowest BCUT2D eigenvalue weighted by Crippen LogP contribution is -2.45. The van der Waals surface area contributed by atoms with Gasteiger partial charge in [-0.15, -0.1) is 0 Å².